The van der Waals surface area contributed by atoms with Crippen LogP contribution in [0.4, 0.5) is 0 Å². The van der Waals surface area contributed by atoms with E-state index in [1.165, 1.54) is 109 Å². The van der Waals surface area contributed by atoms with Crippen LogP contribution in [0.1, 0.15) is 245 Å². The van der Waals surface area contributed by atoms with Gasteiger partial charge in [0, 0.05) is 6.42 Å². The van der Waals surface area contributed by atoms with Gasteiger partial charge in [-0.25, -0.2) is 0 Å². The summed E-state index contributed by atoms with van der Waals surface area (Å²) in [4.78, 5) is 26.5. The van der Waals surface area contributed by atoms with E-state index in [0.29, 0.717) is 19.3 Å². The van der Waals surface area contributed by atoms with Crippen molar-refractivity contribution in [3.05, 3.63) is 97.2 Å². The van der Waals surface area contributed by atoms with Gasteiger partial charge < -0.3 is 45.1 Å². The molecular weight excluding hydrogens is 967 g/mol. The van der Waals surface area contributed by atoms with Crippen molar-refractivity contribution in [2.45, 2.75) is 294 Å². The molecule has 1 saturated heterocycles. The number of carbonyl (C=O) groups excluding carboxylic acids is 2. The number of aliphatic hydroxyl groups is 5. The largest absolute Gasteiger partial charge is 0.454 e. The molecule has 0 aromatic heterocycles. The second-order valence-electron chi connectivity index (χ2n) is 21.0. The zero-order valence-corrected chi connectivity index (χ0v) is 48.8. The molecule has 442 valence electrons. The third-order valence-corrected chi connectivity index (χ3v) is 14.0. The predicted octanol–water partition coefficient (Wildman–Crippen LogP) is 14.7. The first kappa shape index (κ1) is 71.6. The van der Waals surface area contributed by atoms with Gasteiger partial charge in [0.1, 0.15) is 24.4 Å². The summed E-state index contributed by atoms with van der Waals surface area (Å²) in [5.41, 5.74) is 0. The van der Waals surface area contributed by atoms with E-state index in [4.69, 9.17) is 14.2 Å². The maximum Gasteiger partial charge on any atom is 0.306 e. The summed E-state index contributed by atoms with van der Waals surface area (Å²) in [6.07, 6.45) is 60.1. The van der Waals surface area contributed by atoms with E-state index in [-0.39, 0.29) is 19.4 Å². The van der Waals surface area contributed by atoms with Gasteiger partial charge >= 0.3 is 5.97 Å². The number of hydrogen-bond donors (Lipinski definition) is 6. The summed E-state index contributed by atoms with van der Waals surface area (Å²) in [5.74, 6) is -1.26. The lowest BCUT2D eigenvalue weighted by molar-refractivity contribution is -0.305. The first-order chi connectivity index (χ1) is 37.7. The van der Waals surface area contributed by atoms with Crippen molar-refractivity contribution in [1.29, 1.82) is 0 Å². The third kappa shape index (κ3) is 41.3. The molecule has 1 amide bonds. The SMILES string of the molecule is CC/C=C\C/C=C\C/C=C\C/C=C\C/C=C\CCCC(=O)OC1C(OCC(NC(=O)C(O)CCCCCCCCCC/C=C\C/C=C\CCCCC)C(O)/C=C/CCCCCCCCCCCCC)OC(CO)C(O)C1O. The van der Waals surface area contributed by atoms with Crippen molar-refractivity contribution in [1.82, 2.24) is 5.32 Å². The average Bonchev–Trinajstić information content (AvgIpc) is 3.43. The maximum absolute atomic E-state index is 13.4. The Morgan fingerprint density at radius 2 is 0.935 bits per heavy atom. The molecule has 11 heteroatoms. The molecule has 77 heavy (non-hydrogen) atoms. The van der Waals surface area contributed by atoms with E-state index in [9.17, 15) is 35.1 Å². The van der Waals surface area contributed by atoms with Crippen LogP contribution in [0.2, 0.25) is 0 Å². The molecule has 8 unspecified atom stereocenters. The fourth-order valence-electron chi connectivity index (χ4n) is 9.07. The number of aliphatic hydroxyl groups excluding tert-OH is 5. The number of unbranched alkanes of at least 4 members (excludes halogenated alkanes) is 23. The van der Waals surface area contributed by atoms with Gasteiger partial charge in [-0.2, -0.15) is 0 Å². The number of carbonyl (C=O) groups is 2. The standard InChI is InChI=1S/C66H113NO10/c1-4-7-10-13-16-19-22-25-27-29-31-32-35-38-41-44-47-50-53-59(70)65(74)67-57(58(69)52-49-46-43-40-37-34-24-21-18-15-12-9-6-3)56-75-66-64(63(73)62(72)60(55-68)76-66)77-61(71)54-51-48-45-42-39-36-33-30-28-26-23-20-17-14-11-8-5-2/h8,11,16-17,19-20,25-28,33,36,42,45,49,52,57-60,62-64,66,68-70,72-73H,4-7,9-10,12-15,18,21-24,29-32,34-35,37-41,43-44,46-48,50-51,53-56H2,1-3H3,(H,67,74)/b11-8-,19-16-,20-17-,27-25-,28-26-,36-33-,45-42-,52-49+. The lowest BCUT2D eigenvalue weighted by Gasteiger charge is -2.41. The fraction of sp³-hybridized carbons (Fsp3) is 0.727. The lowest BCUT2D eigenvalue weighted by Crippen LogP contribution is -2.61. The number of allylic oxidation sites excluding steroid dienone is 15. The van der Waals surface area contributed by atoms with E-state index in [1.807, 2.05) is 18.2 Å². The van der Waals surface area contributed by atoms with Crippen molar-refractivity contribution in [3.8, 4) is 0 Å². The van der Waals surface area contributed by atoms with Crippen LogP contribution in [0.15, 0.2) is 97.2 Å². The summed E-state index contributed by atoms with van der Waals surface area (Å²) in [6, 6.07) is -1.04. The van der Waals surface area contributed by atoms with Gasteiger partial charge in [-0.15, -0.1) is 0 Å². The molecule has 0 bridgehead atoms. The first-order valence-electron chi connectivity index (χ1n) is 31.0. The topological polar surface area (TPSA) is 175 Å². The van der Waals surface area contributed by atoms with Crippen molar-refractivity contribution in [3.63, 3.8) is 0 Å². The van der Waals surface area contributed by atoms with Crippen LogP contribution in [0.3, 0.4) is 0 Å². The molecule has 1 rings (SSSR count). The summed E-state index contributed by atoms with van der Waals surface area (Å²) in [5, 5.41) is 57.0. The molecule has 0 aromatic carbocycles. The first-order valence-corrected chi connectivity index (χ1v) is 31.0. The number of rotatable bonds is 51. The van der Waals surface area contributed by atoms with Crippen molar-refractivity contribution >= 4 is 11.9 Å². The Kier molecular flexibility index (Phi) is 49.5. The van der Waals surface area contributed by atoms with Crippen molar-refractivity contribution in [2.24, 2.45) is 0 Å². The minimum atomic E-state index is -1.64. The minimum absolute atomic E-state index is 0.0406. The van der Waals surface area contributed by atoms with Crippen LogP contribution in [0.5, 0.6) is 0 Å². The Balaban J connectivity index is 2.74. The molecule has 0 radical (unpaired) electrons. The quantitative estimate of drug-likeness (QED) is 0.0195. The van der Waals surface area contributed by atoms with Crippen LogP contribution in [0, 0.1) is 0 Å². The Labute approximate surface area is 469 Å². The monoisotopic (exact) mass is 1080 g/mol. The van der Waals surface area contributed by atoms with Gasteiger partial charge in [0.15, 0.2) is 12.4 Å². The molecule has 1 aliphatic rings. The van der Waals surface area contributed by atoms with E-state index < -0.39 is 67.4 Å². The maximum atomic E-state index is 13.4. The smallest absolute Gasteiger partial charge is 0.306 e. The zero-order chi connectivity index (χ0) is 56.1. The van der Waals surface area contributed by atoms with Crippen LogP contribution in [-0.2, 0) is 23.8 Å². The molecule has 8 atom stereocenters. The molecule has 0 spiro atoms. The number of nitrogens with one attached hydrogen (secondary N) is 1. The van der Waals surface area contributed by atoms with E-state index in [0.717, 1.165) is 83.5 Å². The average molecular weight is 1080 g/mol. The molecule has 1 heterocycles. The summed E-state index contributed by atoms with van der Waals surface area (Å²) < 4.78 is 17.6. The van der Waals surface area contributed by atoms with Gasteiger partial charge in [0.05, 0.1) is 25.4 Å². The van der Waals surface area contributed by atoms with Gasteiger partial charge in [-0.3, -0.25) is 9.59 Å². The highest BCUT2D eigenvalue weighted by atomic mass is 16.7. The summed E-state index contributed by atoms with van der Waals surface area (Å²) in [6.45, 7) is 5.62. The second kappa shape index (κ2) is 53.2. The predicted molar refractivity (Wildman–Crippen MR) is 319 cm³/mol. The Hall–Kier alpha value is -3.42. The third-order valence-electron chi connectivity index (χ3n) is 14.0. The zero-order valence-electron chi connectivity index (χ0n) is 48.8. The number of esters is 1. The highest BCUT2D eigenvalue weighted by Crippen LogP contribution is 2.26. The molecule has 0 saturated carbocycles. The summed E-state index contributed by atoms with van der Waals surface area (Å²) >= 11 is 0. The fourth-order valence-corrected chi connectivity index (χ4v) is 9.07. The van der Waals surface area contributed by atoms with E-state index in [1.54, 1.807) is 6.08 Å². The van der Waals surface area contributed by atoms with Gasteiger partial charge in [0.2, 0.25) is 5.91 Å². The molecule has 0 aliphatic carbocycles. The van der Waals surface area contributed by atoms with Crippen molar-refractivity contribution < 1.29 is 49.3 Å². The van der Waals surface area contributed by atoms with Crippen LogP contribution >= 0.6 is 0 Å². The summed E-state index contributed by atoms with van der Waals surface area (Å²) in [7, 11) is 0. The van der Waals surface area contributed by atoms with Crippen molar-refractivity contribution in [2.75, 3.05) is 13.2 Å². The lowest BCUT2D eigenvalue weighted by atomic mass is 9.99. The second-order valence-corrected chi connectivity index (χ2v) is 21.0. The molecule has 1 fully saturated rings. The number of amides is 1. The highest BCUT2D eigenvalue weighted by Gasteiger charge is 2.47. The Morgan fingerprint density at radius 3 is 1.43 bits per heavy atom. The Bertz CT molecular complexity index is 1620. The number of ether oxygens (including phenoxy) is 3. The van der Waals surface area contributed by atoms with Gasteiger partial charge in [-0.05, 0) is 96.3 Å². The molecular formula is C66H113NO10. The molecule has 1 aliphatic heterocycles. The van der Waals surface area contributed by atoms with Crippen LogP contribution < -0.4 is 5.32 Å². The van der Waals surface area contributed by atoms with Gasteiger partial charge in [0.25, 0.3) is 0 Å². The minimum Gasteiger partial charge on any atom is -0.454 e. The van der Waals surface area contributed by atoms with E-state index in [2.05, 4.69) is 99.0 Å². The van der Waals surface area contributed by atoms with Crippen LogP contribution in [0.25, 0.3) is 0 Å². The molecule has 11 nitrogen and oxygen atoms in total. The molecule has 6 N–H and O–H groups in total. The highest BCUT2D eigenvalue weighted by molar-refractivity contribution is 5.80. The van der Waals surface area contributed by atoms with Gasteiger partial charge in [-0.1, -0.05) is 240 Å². The molecule has 0 aromatic rings. The number of hydrogen-bond acceptors (Lipinski definition) is 10. The normalized spacial score (nSPS) is 19.7. The Morgan fingerprint density at radius 1 is 0.519 bits per heavy atom. The van der Waals surface area contributed by atoms with Crippen LogP contribution in [-0.4, -0.2) is 99.6 Å². The van der Waals surface area contributed by atoms with E-state index >= 15 is 0 Å².